The van der Waals surface area contributed by atoms with Crippen LogP contribution in [0.4, 0.5) is 0 Å². The van der Waals surface area contributed by atoms with Gasteiger partial charge in [0.05, 0.1) is 6.61 Å². The van der Waals surface area contributed by atoms with Gasteiger partial charge in [0.25, 0.3) is 0 Å². The molecule has 266 valence electrons. The fraction of sp³-hybridized carbons (Fsp3) is 0.950. The van der Waals surface area contributed by atoms with E-state index in [1.54, 1.807) is 0 Å². The molecule has 1 fully saturated rings. The fourth-order valence-corrected chi connectivity index (χ4v) is 6.75. The van der Waals surface area contributed by atoms with E-state index in [9.17, 15) is 9.59 Å². The highest BCUT2D eigenvalue weighted by atomic mass is 16.5. The molecule has 5 nitrogen and oxygen atoms in total. The van der Waals surface area contributed by atoms with Crippen molar-refractivity contribution in [2.24, 2.45) is 17.8 Å². The number of carbonyl (C=O) groups excluding carboxylic acids is 2. The SMILES string of the molecule is CCCCCCCCCC(CCCCCCCCCC(=O)OCCC(CCC(C)C)C(C)C)OC(=O)CCCN1CCCCC1. The van der Waals surface area contributed by atoms with E-state index in [4.69, 9.17) is 9.47 Å². The van der Waals surface area contributed by atoms with Crippen LogP contribution >= 0.6 is 0 Å². The standard InChI is InChI=1S/C40H77NO4/c1-6-7-8-9-11-14-18-24-38(45-40(43)27-23-33-41-31-21-17-22-32-41)25-19-15-12-10-13-16-20-26-39(42)44-34-30-37(36(4)5)29-28-35(2)3/h35-38H,6-34H2,1-5H3. The monoisotopic (exact) mass is 636 g/mol. The average Bonchev–Trinajstić information content (AvgIpc) is 3.01. The highest BCUT2D eigenvalue weighted by molar-refractivity contribution is 5.69. The molecule has 0 aromatic heterocycles. The maximum Gasteiger partial charge on any atom is 0.306 e. The number of ether oxygens (including phenoxy) is 2. The average molecular weight is 636 g/mol. The number of hydrogen-bond donors (Lipinski definition) is 0. The summed E-state index contributed by atoms with van der Waals surface area (Å²) in [4.78, 5) is 27.4. The van der Waals surface area contributed by atoms with Gasteiger partial charge in [-0.1, -0.05) is 118 Å². The van der Waals surface area contributed by atoms with Crippen molar-refractivity contribution in [1.82, 2.24) is 4.90 Å². The summed E-state index contributed by atoms with van der Waals surface area (Å²) in [7, 11) is 0. The maximum atomic E-state index is 12.7. The Hall–Kier alpha value is -1.10. The Labute approximate surface area is 280 Å². The molecule has 1 heterocycles. The molecule has 1 saturated heterocycles. The molecular formula is C40H77NO4. The third-order valence-electron chi connectivity index (χ3n) is 9.95. The molecular weight excluding hydrogens is 558 g/mol. The van der Waals surface area contributed by atoms with Crippen LogP contribution in [-0.4, -0.2) is 49.2 Å². The van der Waals surface area contributed by atoms with Gasteiger partial charge < -0.3 is 14.4 Å². The minimum atomic E-state index is -0.0191. The molecule has 0 saturated carbocycles. The summed E-state index contributed by atoms with van der Waals surface area (Å²) in [6.07, 6.45) is 28.7. The summed E-state index contributed by atoms with van der Waals surface area (Å²) in [6, 6.07) is 0. The van der Waals surface area contributed by atoms with Gasteiger partial charge in [-0.15, -0.1) is 0 Å². The number of unbranched alkanes of at least 4 members (excludes halogenated alkanes) is 12. The molecule has 0 radical (unpaired) electrons. The van der Waals surface area contributed by atoms with E-state index in [1.807, 2.05) is 0 Å². The summed E-state index contributed by atoms with van der Waals surface area (Å²) in [6.45, 7) is 15.4. The van der Waals surface area contributed by atoms with E-state index in [0.717, 1.165) is 57.4 Å². The molecule has 0 aromatic rings. The normalized spacial score (nSPS) is 15.4. The van der Waals surface area contributed by atoms with Gasteiger partial charge in [-0.2, -0.15) is 0 Å². The number of rotatable bonds is 30. The van der Waals surface area contributed by atoms with Crippen molar-refractivity contribution in [3.63, 3.8) is 0 Å². The summed E-state index contributed by atoms with van der Waals surface area (Å²) in [5.41, 5.74) is 0. The first kappa shape index (κ1) is 41.9. The molecule has 0 aliphatic carbocycles. The van der Waals surface area contributed by atoms with Crippen molar-refractivity contribution in [1.29, 1.82) is 0 Å². The largest absolute Gasteiger partial charge is 0.466 e. The second-order valence-electron chi connectivity index (χ2n) is 15.0. The van der Waals surface area contributed by atoms with Crippen molar-refractivity contribution in [3.8, 4) is 0 Å². The zero-order valence-corrected chi connectivity index (χ0v) is 30.9. The first-order valence-corrected chi connectivity index (χ1v) is 19.9. The lowest BCUT2D eigenvalue weighted by Gasteiger charge is -2.26. The van der Waals surface area contributed by atoms with Crippen LogP contribution in [0.2, 0.25) is 0 Å². The number of nitrogens with zero attached hydrogens (tertiary/aromatic N) is 1. The van der Waals surface area contributed by atoms with Crippen molar-refractivity contribution >= 4 is 11.9 Å². The molecule has 1 aliphatic rings. The van der Waals surface area contributed by atoms with Gasteiger partial charge in [0, 0.05) is 12.8 Å². The van der Waals surface area contributed by atoms with E-state index in [-0.39, 0.29) is 18.0 Å². The molecule has 2 atom stereocenters. The minimum absolute atomic E-state index is 0.0179. The molecule has 45 heavy (non-hydrogen) atoms. The van der Waals surface area contributed by atoms with Crippen LogP contribution in [0.25, 0.3) is 0 Å². The minimum Gasteiger partial charge on any atom is -0.466 e. The Bertz CT molecular complexity index is 688. The van der Waals surface area contributed by atoms with Gasteiger partial charge >= 0.3 is 11.9 Å². The predicted octanol–water partition coefficient (Wildman–Crippen LogP) is 11.5. The van der Waals surface area contributed by atoms with E-state index >= 15 is 0 Å². The van der Waals surface area contributed by atoms with Crippen molar-refractivity contribution < 1.29 is 19.1 Å². The maximum absolute atomic E-state index is 12.7. The molecule has 0 bridgehead atoms. The van der Waals surface area contributed by atoms with E-state index in [0.29, 0.717) is 31.3 Å². The fourth-order valence-electron chi connectivity index (χ4n) is 6.75. The van der Waals surface area contributed by atoms with E-state index in [2.05, 4.69) is 39.5 Å². The molecule has 0 N–H and O–H groups in total. The zero-order valence-electron chi connectivity index (χ0n) is 30.9. The van der Waals surface area contributed by atoms with Gasteiger partial charge in [0.2, 0.25) is 0 Å². The van der Waals surface area contributed by atoms with Crippen LogP contribution < -0.4 is 0 Å². The molecule has 5 heteroatoms. The van der Waals surface area contributed by atoms with Gasteiger partial charge in [0.15, 0.2) is 0 Å². The molecule has 1 aliphatic heterocycles. The first-order chi connectivity index (χ1) is 21.8. The van der Waals surface area contributed by atoms with Crippen LogP contribution in [0.1, 0.15) is 195 Å². The summed E-state index contributed by atoms with van der Waals surface area (Å²) in [5, 5.41) is 0. The Kier molecular flexibility index (Phi) is 27.1. The van der Waals surface area contributed by atoms with Crippen LogP contribution in [0, 0.1) is 17.8 Å². The number of likely N-dealkylation sites (tertiary alicyclic amines) is 1. The Morgan fingerprint density at radius 1 is 0.600 bits per heavy atom. The quantitative estimate of drug-likeness (QED) is 0.0580. The van der Waals surface area contributed by atoms with Crippen molar-refractivity contribution in [2.75, 3.05) is 26.2 Å². The zero-order chi connectivity index (χ0) is 33.0. The number of hydrogen-bond acceptors (Lipinski definition) is 5. The van der Waals surface area contributed by atoms with Gasteiger partial charge in [-0.05, 0) is 102 Å². The lowest BCUT2D eigenvalue weighted by atomic mass is 9.86. The summed E-state index contributed by atoms with van der Waals surface area (Å²) < 4.78 is 11.6. The highest BCUT2D eigenvalue weighted by Gasteiger charge is 2.17. The first-order valence-electron chi connectivity index (χ1n) is 19.9. The molecule has 0 aromatic carbocycles. The third kappa shape index (κ3) is 25.6. The summed E-state index contributed by atoms with van der Waals surface area (Å²) >= 11 is 0. The van der Waals surface area contributed by atoms with Crippen molar-refractivity contribution in [3.05, 3.63) is 0 Å². The van der Waals surface area contributed by atoms with Crippen molar-refractivity contribution in [2.45, 2.75) is 201 Å². The van der Waals surface area contributed by atoms with Gasteiger partial charge in [-0.3, -0.25) is 9.59 Å². The number of carbonyl (C=O) groups is 2. The lowest BCUT2D eigenvalue weighted by Crippen LogP contribution is -2.31. The smallest absolute Gasteiger partial charge is 0.306 e. The second kappa shape index (κ2) is 29.1. The van der Waals surface area contributed by atoms with Crippen LogP contribution in [0.3, 0.4) is 0 Å². The Balaban J connectivity index is 2.17. The predicted molar refractivity (Wildman–Crippen MR) is 192 cm³/mol. The molecule has 1 rings (SSSR count). The summed E-state index contributed by atoms with van der Waals surface area (Å²) in [5.74, 6) is 2.03. The molecule has 0 spiro atoms. The highest BCUT2D eigenvalue weighted by Crippen LogP contribution is 2.24. The number of esters is 2. The van der Waals surface area contributed by atoms with Crippen LogP contribution in [0.15, 0.2) is 0 Å². The number of piperidine rings is 1. The van der Waals surface area contributed by atoms with Gasteiger partial charge in [0.1, 0.15) is 6.10 Å². The van der Waals surface area contributed by atoms with Crippen LogP contribution in [-0.2, 0) is 19.1 Å². The van der Waals surface area contributed by atoms with Gasteiger partial charge in [-0.25, -0.2) is 0 Å². The molecule has 0 amide bonds. The van der Waals surface area contributed by atoms with E-state index < -0.39 is 0 Å². The lowest BCUT2D eigenvalue weighted by molar-refractivity contribution is -0.150. The van der Waals surface area contributed by atoms with E-state index in [1.165, 1.54) is 116 Å². The topological polar surface area (TPSA) is 55.8 Å². The van der Waals surface area contributed by atoms with Crippen LogP contribution in [0.5, 0.6) is 0 Å². The third-order valence-corrected chi connectivity index (χ3v) is 9.95. The molecule has 2 unspecified atom stereocenters. The Morgan fingerprint density at radius 3 is 1.73 bits per heavy atom. The second-order valence-corrected chi connectivity index (χ2v) is 15.0. The Morgan fingerprint density at radius 2 is 1.16 bits per heavy atom.